The summed E-state index contributed by atoms with van der Waals surface area (Å²) in [6, 6.07) is 26.8. The maximum Gasteiger partial charge on any atom is 0.180 e. The number of allylic oxidation sites excluding steroid dienone is 2. The van der Waals surface area contributed by atoms with Gasteiger partial charge < -0.3 is 14.8 Å². The lowest BCUT2D eigenvalue weighted by molar-refractivity contribution is 0.269. The summed E-state index contributed by atoms with van der Waals surface area (Å²) in [5.74, 6) is 2.07. The fraction of sp³-hybridized carbons (Fsp3) is 0.229. The molecule has 0 unspecified atom stereocenters. The number of hydrogen-bond acceptors (Lipinski definition) is 4. The first-order valence-corrected chi connectivity index (χ1v) is 14.8. The average Bonchev–Trinajstić information content (AvgIpc) is 3.47. The number of hydrogen-bond donors (Lipinski definition) is 1. The summed E-state index contributed by atoms with van der Waals surface area (Å²) in [6.45, 7) is 4.95. The molecular weight excluding hydrogens is 551 g/mol. The van der Waals surface area contributed by atoms with E-state index in [9.17, 15) is 0 Å². The van der Waals surface area contributed by atoms with Crippen LogP contribution in [0.25, 0.3) is 0 Å². The molecule has 4 aromatic carbocycles. The van der Waals surface area contributed by atoms with Gasteiger partial charge in [0.2, 0.25) is 0 Å². The fourth-order valence-electron chi connectivity index (χ4n) is 5.76. The Morgan fingerprint density at radius 1 is 0.951 bits per heavy atom. The molecule has 0 spiro atoms. The minimum atomic E-state index is 0.260. The minimum absolute atomic E-state index is 0.260. The number of fused-ring (bicyclic) bond motifs is 3. The molecule has 4 nitrogen and oxygen atoms in total. The minimum Gasteiger partial charge on any atom is -0.490 e. The highest BCUT2D eigenvalue weighted by Crippen LogP contribution is 2.50. The van der Waals surface area contributed by atoms with E-state index in [0.29, 0.717) is 46.6 Å². The van der Waals surface area contributed by atoms with Crippen LogP contribution in [-0.2, 0) is 6.61 Å². The Labute approximate surface area is 251 Å². The number of benzene rings is 4. The smallest absolute Gasteiger partial charge is 0.180 e. The predicted octanol–water partition coefficient (Wildman–Crippen LogP) is 9.86. The number of nitrogens with one attached hydrogen (secondary N) is 1. The molecule has 0 amide bonds. The van der Waals surface area contributed by atoms with Gasteiger partial charge in [0.25, 0.3) is 0 Å². The van der Waals surface area contributed by atoms with Crippen LogP contribution in [0.3, 0.4) is 0 Å². The molecule has 4 aromatic rings. The van der Waals surface area contributed by atoms with Gasteiger partial charge in [-0.25, -0.2) is 0 Å². The van der Waals surface area contributed by atoms with E-state index in [0.717, 1.165) is 23.2 Å². The zero-order valence-electron chi connectivity index (χ0n) is 23.1. The molecule has 1 heterocycles. The van der Waals surface area contributed by atoms with E-state index in [1.165, 1.54) is 22.4 Å². The quantitative estimate of drug-likeness (QED) is 0.166. The lowest BCUT2D eigenvalue weighted by Crippen LogP contribution is -2.29. The third-order valence-corrected chi connectivity index (χ3v) is 8.29. The van der Waals surface area contributed by atoms with Crippen molar-refractivity contribution in [1.82, 2.24) is 0 Å². The molecule has 0 aromatic heterocycles. The Bertz CT molecular complexity index is 1600. The predicted molar refractivity (Wildman–Crippen MR) is 170 cm³/mol. The Morgan fingerprint density at radius 3 is 2.54 bits per heavy atom. The summed E-state index contributed by atoms with van der Waals surface area (Å²) in [5, 5.41) is 4.98. The number of aliphatic imine (C=N–C) groups is 1. The number of rotatable bonds is 8. The van der Waals surface area contributed by atoms with E-state index >= 15 is 0 Å². The molecule has 0 radical (unpaired) electrons. The first-order chi connectivity index (χ1) is 20.0. The highest BCUT2D eigenvalue weighted by Gasteiger charge is 2.37. The van der Waals surface area contributed by atoms with Crippen LogP contribution in [0.2, 0.25) is 10.0 Å². The molecule has 208 valence electrons. The van der Waals surface area contributed by atoms with Crippen LogP contribution in [0.4, 0.5) is 11.4 Å². The number of aryl methyl sites for hydroxylation is 1. The third kappa shape index (κ3) is 6.00. The van der Waals surface area contributed by atoms with Crippen LogP contribution in [-0.4, -0.2) is 12.8 Å². The van der Waals surface area contributed by atoms with Crippen LogP contribution in [0, 0.1) is 12.8 Å². The van der Waals surface area contributed by atoms with Gasteiger partial charge in [0, 0.05) is 22.8 Å². The Balaban J connectivity index is 1.17. The molecule has 1 aliphatic carbocycles. The van der Waals surface area contributed by atoms with E-state index in [4.69, 9.17) is 37.7 Å². The maximum absolute atomic E-state index is 6.64. The maximum atomic E-state index is 6.64. The number of anilines is 1. The molecule has 1 aliphatic heterocycles. The van der Waals surface area contributed by atoms with Gasteiger partial charge in [-0.2, -0.15) is 0 Å². The Kier molecular flexibility index (Phi) is 8.04. The Morgan fingerprint density at radius 2 is 1.76 bits per heavy atom. The topological polar surface area (TPSA) is 42.8 Å². The van der Waals surface area contributed by atoms with Crippen molar-refractivity contribution in [2.75, 3.05) is 11.9 Å². The molecule has 6 heteroatoms. The van der Waals surface area contributed by atoms with Crippen molar-refractivity contribution >= 4 is 40.8 Å². The lowest BCUT2D eigenvalue weighted by atomic mass is 9.76. The van der Waals surface area contributed by atoms with Gasteiger partial charge >= 0.3 is 0 Å². The zero-order valence-corrected chi connectivity index (χ0v) is 24.6. The summed E-state index contributed by atoms with van der Waals surface area (Å²) >= 11 is 12.6. The van der Waals surface area contributed by atoms with Gasteiger partial charge in [-0.3, -0.25) is 4.99 Å². The number of ether oxygens (including phenoxy) is 2. The van der Waals surface area contributed by atoms with Crippen molar-refractivity contribution < 1.29 is 9.47 Å². The highest BCUT2D eigenvalue weighted by molar-refractivity contribution is 6.32. The summed E-state index contributed by atoms with van der Waals surface area (Å²) in [6.07, 6.45) is 7.60. The third-order valence-electron chi connectivity index (χ3n) is 7.76. The van der Waals surface area contributed by atoms with Crippen molar-refractivity contribution in [3.05, 3.63) is 129 Å². The molecule has 0 saturated carbocycles. The van der Waals surface area contributed by atoms with Gasteiger partial charge in [-0.05, 0) is 90.9 Å². The van der Waals surface area contributed by atoms with E-state index in [1.54, 1.807) is 6.21 Å². The largest absolute Gasteiger partial charge is 0.490 e. The molecule has 41 heavy (non-hydrogen) atoms. The van der Waals surface area contributed by atoms with E-state index in [2.05, 4.69) is 66.9 Å². The monoisotopic (exact) mass is 582 g/mol. The normalized spacial score (nSPS) is 19.1. The second-order valence-electron chi connectivity index (χ2n) is 10.6. The second kappa shape index (κ2) is 12.0. The van der Waals surface area contributed by atoms with Crippen LogP contribution in [0.15, 0.2) is 96.0 Å². The molecule has 0 saturated heterocycles. The first-order valence-electron chi connectivity index (χ1n) is 14.0. The number of nitrogens with zero attached hydrogens (tertiary/aromatic N) is 1. The zero-order chi connectivity index (χ0) is 28.3. The van der Waals surface area contributed by atoms with Crippen LogP contribution < -0.4 is 14.8 Å². The Hall–Kier alpha value is -3.73. The summed E-state index contributed by atoms with van der Waals surface area (Å²) < 4.78 is 11.9. The van der Waals surface area contributed by atoms with Crippen molar-refractivity contribution in [2.24, 2.45) is 10.9 Å². The fourth-order valence-corrected chi connectivity index (χ4v) is 6.16. The van der Waals surface area contributed by atoms with Crippen LogP contribution in [0.5, 0.6) is 11.5 Å². The SMILES string of the molecule is CCOc1cc(C=Nc2ccc([C@@H]3Nc4ccc(C)cc4[C@H]4C=CC[C@H]43)cc2)cc(Cl)c1OCc1ccc(Cl)cc1. The summed E-state index contributed by atoms with van der Waals surface area (Å²) in [5.41, 5.74) is 7.92. The van der Waals surface area contributed by atoms with Crippen molar-refractivity contribution in [3.8, 4) is 11.5 Å². The summed E-state index contributed by atoms with van der Waals surface area (Å²) in [4.78, 5) is 4.72. The number of halogens is 2. The van der Waals surface area contributed by atoms with E-state index < -0.39 is 0 Å². The lowest BCUT2D eigenvalue weighted by Gasteiger charge is -2.37. The summed E-state index contributed by atoms with van der Waals surface area (Å²) in [7, 11) is 0. The molecule has 1 N–H and O–H groups in total. The van der Waals surface area contributed by atoms with Gasteiger partial charge in [-0.1, -0.05) is 77.3 Å². The molecule has 6 rings (SSSR count). The standard InChI is InChI=1S/C35H32Cl2N2O2/c1-3-40-33-19-24(18-31(37)35(33)41-21-23-8-12-26(36)13-9-23)20-38-27-14-10-25(11-15-27)34-29-6-4-5-28(29)30-17-22(2)7-16-32(30)39-34/h4-5,7-20,28-29,34,39H,3,6,21H2,1-2H3/t28-,29+,34-/m0/s1. The first kappa shape index (κ1) is 27.4. The highest BCUT2D eigenvalue weighted by atomic mass is 35.5. The average molecular weight is 584 g/mol. The second-order valence-corrected chi connectivity index (χ2v) is 11.4. The van der Waals surface area contributed by atoms with Crippen molar-refractivity contribution in [2.45, 2.75) is 38.8 Å². The van der Waals surface area contributed by atoms with Gasteiger partial charge in [0.1, 0.15) is 6.61 Å². The molecule has 0 bridgehead atoms. The molecule has 2 aliphatic rings. The molecular formula is C35H32Cl2N2O2. The van der Waals surface area contributed by atoms with Crippen molar-refractivity contribution in [3.63, 3.8) is 0 Å². The van der Waals surface area contributed by atoms with Gasteiger partial charge in [0.15, 0.2) is 11.5 Å². The van der Waals surface area contributed by atoms with Gasteiger partial charge in [-0.15, -0.1) is 0 Å². The van der Waals surface area contributed by atoms with E-state index in [-0.39, 0.29) is 6.04 Å². The van der Waals surface area contributed by atoms with E-state index in [1.807, 2.05) is 43.3 Å². The molecule has 0 fully saturated rings. The van der Waals surface area contributed by atoms with Gasteiger partial charge in [0.05, 0.1) is 23.4 Å². The van der Waals surface area contributed by atoms with Crippen LogP contribution in [0.1, 0.15) is 53.1 Å². The molecule has 3 atom stereocenters. The van der Waals surface area contributed by atoms with Crippen LogP contribution >= 0.6 is 23.2 Å². The van der Waals surface area contributed by atoms with Crippen molar-refractivity contribution in [1.29, 1.82) is 0 Å².